The molecule has 2 rings (SSSR count). The number of carbonyl (C=O) groups is 2. The summed E-state index contributed by atoms with van der Waals surface area (Å²) in [4.78, 5) is 22.1. The van der Waals surface area contributed by atoms with Crippen molar-refractivity contribution in [2.45, 2.75) is 26.1 Å². The van der Waals surface area contributed by atoms with Gasteiger partial charge in [-0.15, -0.1) is 0 Å². The second-order valence-corrected chi connectivity index (χ2v) is 5.76. The molecule has 0 aromatic heterocycles. The summed E-state index contributed by atoms with van der Waals surface area (Å²) in [5.74, 6) is -0.839. The third-order valence-corrected chi connectivity index (χ3v) is 3.84. The Morgan fingerprint density at radius 2 is 0.962 bits per heavy atom. The molecule has 0 unspecified atom stereocenters. The van der Waals surface area contributed by atoms with Gasteiger partial charge in [-0.25, -0.2) is 9.59 Å². The van der Waals surface area contributed by atoms with Crippen LogP contribution >= 0.6 is 0 Å². The Kier molecular flexibility index (Phi) is 7.37. The molecule has 2 aromatic rings. The topological polar surface area (TPSA) is 52.6 Å². The zero-order valence-electron chi connectivity index (χ0n) is 14.6. The van der Waals surface area contributed by atoms with Crippen LogP contribution in [-0.2, 0) is 45.1 Å². The van der Waals surface area contributed by atoms with E-state index in [-0.39, 0.29) is 13.2 Å². The first-order valence-corrected chi connectivity index (χ1v) is 8.34. The van der Waals surface area contributed by atoms with Gasteiger partial charge in [-0.2, -0.15) is 0 Å². The number of hydrogen-bond acceptors (Lipinski definition) is 4. The van der Waals surface area contributed by atoms with E-state index in [4.69, 9.17) is 9.47 Å². The van der Waals surface area contributed by atoms with Crippen LogP contribution in [0.1, 0.15) is 22.3 Å². The molecule has 0 aliphatic rings. The van der Waals surface area contributed by atoms with Crippen LogP contribution in [0.4, 0.5) is 0 Å². The molecule has 0 fully saturated rings. The van der Waals surface area contributed by atoms with Crippen molar-refractivity contribution >= 4 is 11.9 Å². The fraction of sp³-hybridized carbons (Fsp3) is 0.182. The van der Waals surface area contributed by atoms with E-state index in [0.29, 0.717) is 0 Å². The second kappa shape index (κ2) is 9.99. The first-order valence-electron chi connectivity index (χ1n) is 8.34. The molecule has 0 saturated heterocycles. The van der Waals surface area contributed by atoms with Gasteiger partial charge >= 0.3 is 11.9 Å². The van der Waals surface area contributed by atoms with Crippen LogP contribution in [0.2, 0.25) is 0 Å². The average Bonchev–Trinajstić information content (AvgIpc) is 2.70. The highest BCUT2D eigenvalue weighted by Gasteiger charge is 2.01. The maximum atomic E-state index is 11.1. The molecule has 0 N–H and O–H groups in total. The van der Waals surface area contributed by atoms with Gasteiger partial charge in [-0.3, -0.25) is 0 Å². The van der Waals surface area contributed by atoms with Crippen molar-refractivity contribution in [3.8, 4) is 0 Å². The molecule has 2 aromatic carbocycles. The minimum absolute atomic E-state index is 0.253. The molecule has 0 atom stereocenters. The van der Waals surface area contributed by atoms with Gasteiger partial charge in [0.15, 0.2) is 0 Å². The third-order valence-electron chi connectivity index (χ3n) is 3.84. The summed E-state index contributed by atoms with van der Waals surface area (Å²) in [5.41, 5.74) is 4.32. The maximum absolute atomic E-state index is 11.1. The largest absolute Gasteiger partial charge is 0.458 e. The zero-order valence-corrected chi connectivity index (χ0v) is 14.6. The Balaban J connectivity index is 1.80. The second-order valence-electron chi connectivity index (χ2n) is 5.76. The molecule has 26 heavy (non-hydrogen) atoms. The summed E-state index contributed by atoms with van der Waals surface area (Å²) in [5, 5.41) is 0. The Hall–Kier alpha value is -3.14. The summed E-state index contributed by atoms with van der Waals surface area (Å²) in [6.45, 7) is 7.24. The van der Waals surface area contributed by atoms with Gasteiger partial charge in [-0.05, 0) is 35.1 Å². The van der Waals surface area contributed by atoms with E-state index in [1.807, 2.05) is 48.5 Å². The Labute approximate surface area is 153 Å². The van der Waals surface area contributed by atoms with Crippen molar-refractivity contribution in [3.63, 3.8) is 0 Å². The van der Waals surface area contributed by atoms with Crippen LogP contribution in [0.5, 0.6) is 0 Å². The number of hydrogen-bond donors (Lipinski definition) is 0. The van der Waals surface area contributed by atoms with E-state index in [9.17, 15) is 9.59 Å². The summed E-state index contributed by atoms with van der Waals surface area (Å²) in [6.07, 6.45) is 4.14. The van der Waals surface area contributed by atoms with E-state index < -0.39 is 11.9 Å². The monoisotopic (exact) mass is 350 g/mol. The highest BCUT2D eigenvalue weighted by Crippen LogP contribution is 2.12. The van der Waals surface area contributed by atoms with Gasteiger partial charge in [0.2, 0.25) is 0 Å². The summed E-state index contributed by atoms with van der Waals surface area (Å²) in [6, 6.07) is 16.0. The normalized spacial score (nSPS) is 10.0. The average molecular weight is 350 g/mol. The molecule has 134 valence electrons. The summed E-state index contributed by atoms with van der Waals surface area (Å²) < 4.78 is 10.0. The predicted octanol–water partition coefficient (Wildman–Crippen LogP) is 3.93. The van der Waals surface area contributed by atoms with Crippen molar-refractivity contribution in [2.75, 3.05) is 0 Å². The highest BCUT2D eigenvalue weighted by atomic mass is 16.5. The van der Waals surface area contributed by atoms with Gasteiger partial charge in [0.25, 0.3) is 0 Å². The lowest BCUT2D eigenvalue weighted by Gasteiger charge is -2.06. The minimum Gasteiger partial charge on any atom is -0.458 e. The number of rotatable bonds is 9. The van der Waals surface area contributed by atoms with E-state index in [1.165, 1.54) is 11.1 Å². The van der Waals surface area contributed by atoms with Crippen molar-refractivity contribution < 1.29 is 19.1 Å². The molecule has 0 bridgehead atoms. The van der Waals surface area contributed by atoms with E-state index in [2.05, 4.69) is 13.2 Å². The van der Waals surface area contributed by atoms with Crippen LogP contribution in [0.25, 0.3) is 0 Å². The van der Waals surface area contributed by atoms with Crippen LogP contribution in [0, 0.1) is 0 Å². The van der Waals surface area contributed by atoms with Crippen LogP contribution < -0.4 is 0 Å². The molecule has 0 amide bonds. The smallest absolute Gasteiger partial charge is 0.330 e. The fourth-order valence-electron chi connectivity index (χ4n) is 2.32. The van der Waals surface area contributed by atoms with E-state index in [1.54, 1.807) is 0 Å². The molecule has 0 aliphatic heterocycles. The van der Waals surface area contributed by atoms with Crippen molar-refractivity contribution in [2.24, 2.45) is 0 Å². The lowest BCUT2D eigenvalue weighted by atomic mass is 10.0. The molecule has 0 radical (unpaired) electrons. The molecular weight excluding hydrogens is 328 g/mol. The predicted molar refractivity (Wildman–Crippen MR) is 100 cm³/mol. The Morgan fingerprint density at radius 3 is 1.27 bits per heavy atom. The number of aryl methyl sites for hydroxylation is 2. The van der Waals surface area contributed by atoms with E-state index >= 15 is 0 Å². The maximum Gasteiger partial charge on any atom is 0.330 e. The molecular formula is C22H22O4. The van der Waals surface area contributed by atoms with Gasteiger partial charge < -0.3 is 9.47 Å². The quantitative estimate of drug-likeness (QED) is 0.508. The number of esters is 2. The fourth-order valence-corrected chi connectivity index (χ4v) is 2.32. The highest BCUT2D eigenvalue weighted by molar-refractivity contribution is 5.81. The van der Waals surface area contributed by atoms with Crippen molar-refractivity contribution in [1.82, 2.24) is 0 Å². The van der Waals surface area contributed by atoms with Crippen LogP contribution in [0.3, 0.4) is 0 Å². The molecule has 0 spiro atoms. The van der Waals surface area contributed by atoms with Gasteiger partial charge in [0, 0.05) is 12.2 Å². The number of ether oxygens (including phenoxy) is 2. The number of benzene rings is 2. The van der Waals surface area contributed by atoms with Crippen molar-refractivity contribution in [1.29, 1.82) is 0 Å². The SMILES string of the molecule is C=CC(=O)OCc1ccc(CCc2ccc(COC(=O)C=C)cc2)cc1. The van der Waals surface area contributed by atoms with Gasteiger partial charge in [0.05, 0.1) is 0 Å². The minimum atomic E-state index is -0.420. The third kappa shape index (κ3) is 6.40. The standard InChI is InChI=1S/C22H22O4/c1-3-21(23)25-15-19-11-7-17(8-12-19)5-6-18-9-13-20(14-10-18)16-26-22(24)4-2/h3-4,7-14H,1-2,5-6,15-16H2. The molecule has 0 aliphatic carbocycles. The van der Waals surface area contributed by atoms with Crippen LogP contribution in [-0.4, -0.2) is 11.9 Å². The Morgan fingerprint density at radius 1 is 0.654 bits per heavy atom. The lowest BCUT2D eigenvalue weighted by molar-refractivity contribution is -0.139. The number of carbonyl (C=O) groups excluding carboxylic acids is 2. The summed E-state index contributed by atoms with van der Waals surface area (Å²) >= 11 is 0. The van der Waals surface area contributed by atoms with Crippen LogP contribution in [0.15, 0.2) is 73.8 Å². The lowest BCUT2D eigenvalue weighted by Crippen LogP contribution is -2.01. The van der Waals surface area contributed by atoms with Gasteiger partial charge in [0.1, 0.15) is 13.2 Å². The van der Waals surface area contributed by atoms with Gasteiger partial charge in [-0.1, -0.05) is 61.7 Å². The molecule has 4 nitrogen and oxygen atoms in total. The first-order chi connectivity index (χ1) is 12.6. The Bertz CT molecular complexity index is 690. The van der Waals surface area contributed by atoms with Crippen molar-refractivity contribution in [3.05, 3.63) is 96.1 Å². The summed E-state index contributed by atoms with van der Waals surface area (Å²) in [7, 11) is 0. The molecule has 0 saturated carbocycles. The zero-order chi connectivity index (χ0) is 18.8. The first kappa shape index (κ1) is 19.2. The molecule has 4 heteroatoms. The van der Waals surface area contributed by atoms with E-state index in [0.717, 1.165) is 36.1 Å². The molecule has 0 heterocycles.